The van der Waals surface area contributed by atoms with E-state index in [4.69, 9.17) is 0 Å². The summed E-state index contributed by atoms with van der Waals surface area (Å²) in [6.45, 7) is 6.56. The minimum absolute atomic E-state index is 0.159. The minimum atomic E-state index is -0.742. The predicted molar refractivity (Wildman–Crippen MR) is 80.9 cm³/mol. The lowest BCUT2D eigenvalue weighted by molar-refractivity contribution is -0.140. The number of carboxylic acids is 1. The Bertz CT molecular complexity index is 482. The van der Waals surface area contributed by atoms with Crippen LogP contribution in [-0.4, -0.2) is 17.1 Å². The average molecular weight is 275 g/mol. The van der Waals surface area contributed by atoms with Crippen LogP contribution in [0.25, 0.3) is 0 Å². The third-order valence-electron chi connectivity index (χ3n) is 4.40. The molecule has 3 nitrogen and oxygen atoms in total. The molecule has 0 bridgehead atoms. The van der Waals surface area contributed by atoms with E-state index in [0.717, 1.165) is 19.3 Å². The number of hydrogen-bond donors (Lipinski definition) is 2. The average Bonchev–Trinajstić information content (AvgIpc) is 2.41. The second-order valence-electron chi connectivity index (χ2n) is 6.41. The number of carboxylic acid groups (broad SMARTS) is 1. The van der Waals surface area contributed by atoms with Gasteiger partial charge in [0.05, 0.1) is 0 Å². The molecule has 0 aromatic heterocycles. The highest BCUT2D eigenvalue weighted by atomic mass is 16.4. The molecule has 0 amide bonds. The zero-order chi connectivity index (χ0) is 14.8. The van der Waals surface area contributed by atoms with E-state index in [1.165, 1.54) is 11.1 Å². The Morgan fingerprint density at radius 3 is 2.80 bits per heavy atom. The number of aliphatic carboxylic acids is 1. The van der Waals surface area contributed by atoms with E-state index in [2.05, 4.69) is 37.4 Å². The van der Waals surface area contributed by atoms with Crippen LogP contribution >= 0.6 is 0 Å². The lowest BCUT2D eigenvalue weighted by Crippen LogP contribution is -2.42. The van der Waals surface area contributed by atoms with Crippen molar-refractivity contribution in [2.24, 2.45) is 0 Å². The summed E-state index contributed by atoms with van der Waals surface area (Å²) >= 11 is 0. The van der Waals surface area contributed by atoms with Crippen LogP contribution in [0.5, 0.6) is 0 Å². The van der Waals surface area contributed by atoms with E-state index in [-0.39, 0.29) is 11.5 Å². The lowest BCUT2D eigenvalue weighted by atomic mass is 9.71. The van der Waals surface area contributed by atoms with E-state index in [0.29, 0.717) is 6.42 Å². The quantitative estimate of drug-likeness (QED) is 0.862. The van der Waals surface area contributed by atoms with Crippen molar-refractivity contribution in [2.75, 3.05) is 0 Å². The second-order valence-corrected chi connectivity index (χ2v) is 6.41. The van der Waals surface area contributed by atoms with Crippen molar-refractivity contribution in [3.63, 3.8) is 0 Å². The van der Waals surface area contributed by atoms with E-state index in [9.17, 15) is 9.90 Å². The summed E-state index contributed by atoms with van der Waals surface area (Å²) in [6, 6.07) is 8.15. The van der Waals surface area contributed by atoms with E-state index >= 15 is 0 Å². The summed E-state index contributed by atoms with van der Waals surface area (Å²) in [5, 5.41) is 12.7. The summed E-state index contributed by atoms with van der Waals surface area (Å²) in [5.74, 6) is -0.742. The summed E-state index contributed by atoms with van der Waals surface area (Å²) < 4.78 is 0. The van der Waals surface area contributed by atoms with Gasteiger partial charge in [0.15, 0.2) is 0 Å². The summed E-state index contributed by atoms with van der Waals surface area (Å²) in [5.41, 5.74) is 2.80. The first-order valence-electron chi connectivity index (χ1n) is 7.54. The largest absolute Gasteiger partial charge is 0.480 e. The first-order chi connectivity index (χ1) is 9.45. The fraction of sp³-hybridized carbons (Fsp3) is 0.588. The highest BCUT2D eigenvalue weighted by molar-refractivity contribution is 5.73. The monoisotopic (exact) mass is 275 g/mol. The van der Waals surface area contributed by atoms with Gasteiger partial charge in [0, 0.05) is 6.04 Å². The molecule has 1 aliphatic carbocycles. The van der Waals surface area contributed by atoms with E-state index < -0.39 is 12.0 Å². The fourth-order valence-corrected chi connectivity index (χ4v) is 3.20. The molecule has 0 spiro atoms. The third kappa shape index (κ3) is 3.04. The molecule has 2 N–H and O–H groups in total. The molecule has 0 aliphatic heterocycles. The van der Waals surface area contributed by atoms with Crippen molar-refractivity contribution in [3.8, 4) is 0 Å². The fourth-order valence-electron chi connectivity index (χ4n) is 3.20. The third-order valence-corrected chi connectivity index (χ3v) is 4.40. The number of rotatable bonds is 5. The van der Waals surface area contributed by atoms with Crippen LogP contribution in [-0.2, 0) is 10.2 Å². The molecule has 1 aliphatic rings. The van der Waals surface area contributed by atoms with Gasteiger partial charge in [-0.05, 0) is 35.8 Å². The molecule has 110 valence electrons. The van der Waals surface area contributed by atoms with Crippen LogP contribution in [0.1, 0.15) is 63.6 Å². The minimum Gasteiger partial charge on any atom is -0.480 e. The van der Waals surface area contributed by atoms with Crippen molar-refractivity contribution in [1.82, 2.24) is 5.32 Å². The topological polar surface area (TPSA) is 49.3 Å². The Balaban J connectivity index is 2.24. The van der Waals surface area contributed by atoms with Crippen LogP contribution < -0.4 is 5.32 Å². The van der Waals surface area contributed by atoms with Gasteiger partial charge in [-0.1, -0.05) is 51.5 Å². The van der Waals surface area contributed by atoms with Gasteiger partial charge in [0.2, 0.25) is 0 Å². The van der Waals surface area contributed by atoms with Gasteiger partial charge < -0.3 is 5.11 Å². The van der Waals surface area contributed by atoms with E-state index in [1.807, 2.05) is 13.0 Å². The van der Waals surface area contributed by atoms with Crippen LogP contribution in [0.4, 0.5) is 0 Å². The lowest BCUT2D eigenvalue weighted by Gasteiger charge is -2.38. The molecule has 0 heterocycles. The Hall–Kier alpha value is -1.35. The number of fused-ring (bicyclic) bond motifs is 1. The maximum absolute atomic E-state index is 11.3. The summed E-state index contributed by atoms with van der Waals surface area (Å²) in [4.78, 5) is 11.3. The molecule has 2 rings (SSSR count). The SMILES string of the molecule is CCCC(NC1CCC(C)(C)c2ccccc21)C(=O)O. The molecular formula is C17H25NO2. The Labute approximate surface area is 121 Å². The maximum atomic E-state index is 11.3. The Morgan fingerprint density at radius 1 is 1.45 bits per heavy atom. The Morgan fingerprint density at radius 2 is 2.15 bits per heavy atom. The van der Waals surface area contributed by atoms with Gasteiger partial charge in [0.25, 0.3) is 0 Å². The first kappa shape index (κ1) is 15.0. The molecule has 1 aromatic rings. The number of nitrogens with one attached hydrogen (secondary N) is 1. The molecule has 3 heteroatoms. The molecule has 2 atom stereocenters. The number of benzene rings is 1. The van der Waals surface area contributed by atoms with Crippen LogP contribution in [0.3, 0.4) is 0 Å². The molecule has 0 saturated carbocycles. The van der Waals surface area contributed by atoms with Crippen molar-refractivity contribution < 1.29 is 9.90 Å². The van der Waals surface area contributed by atoms with Crippen LogP contribution in [0.2, 0.25) is 0 Å². The standard InChI is InChI=1S/C17H25NO2/c1-4-7-15(16(19)20)18-14-10-11-17(2,3)13-9-6-5-8-12(13)14/h5-6,8-9,14-15,18H,4,7,10-11H2,1-3H3,(H,19,20). The highest BCUT2D eigenvalue weighted by Gasteiger charge is 2.33. The smallest absolute Gasteiger partial charge is 0.320 e. The first-order valence-corrected chi connectivity index (χ1v) is 7.54. The highest BCUT2D eigenvalue weighted by Crippen LogP contribution is 2.41. The van der Waals surface area contributed by atoms with Gasteiger partial charge in [-0.3, -0.25) is 10.1 Å². The predicted octanol–water partition coefficient (Wildman–Crippen LogP) is 3.64. The van der Waals surface area contributed by atoms with Crippen molar-refractivity contribution in [2.45, 2.75) is 64.0 Å². The molecule has 0 saturated heterocycles. The molecule has 0 radical (unpaired) electrons. The van der Waals surface area contributed by atoms with Crippen molar-refractivity contribution >= 4 is 5.97 Å². The molecular weight excluding hydrogens is 250 g/mol. The zero-order valence-electron chi connectivity index (χ0n) is 12.6. The van der Waals surface area contributed by atoms with Crippen molar-refractivity contribution in [3.05, 3.63) is 35.4 Å². The maximum Gasteiger partial charge on any atom is 0.320 e. The normalized spacial score (nSPS) is 22.1. The summed E-state index contributed by atoms with van der Waals surface area (Å²) in [6.07, 6.45) is 3.64. The molecule has 1 aromatic carbocycles. The van der Waals surface area contributed by atoms with Gasteiger partial charge in [0.1, 0.15) is 6.04 Å². The van der Waals surface area contributed by atoms with Gasteiger partial charge >= 0.3 is 5.97 Å². The van der Waals surface area contributed by atoms with E-state index in [1.54, 1.807) is 0 Å². The van der Waals surface area contributed by atoms with Gasteiger partial charge in [-0.15, -0.1) is 0 Å². The molecule has 2 unspecified atom stereocenters. The van der Waals surface area contributed by atoms with Crippen LogP contribution in [0, 0.1) is 0 Å². The molecule has 0 fully saturated rings. The van der Waals surface area contributed by atoms with Gasteiger partial charge in [-0.2, -0.15) is 0 Å². The number of hydrogen-bond acceptors (Lipinski definition) is 2. The number of carbonyl (C=O) groups is 1. The summed E-state index contributed by atoms with van der Waals surface area (Å²) in [7, 11) is 0. The second kappa shape index (κ2) is 5.96. The van der Waals surface area contributed by atoms with Crippen molar-refractivity contribution in [1.29, 1.82) is 0 Å². The van der Waals surface area contributed by atoms with Crippen LogP contribution in [0.15, 0.2) is 24.3 Å². The Kier molecular flexibility index (Phi) is 4.48. The molecule has 20 heavy (non-hydrogen) atoms. The van der Waals surface area contributed by atoms with Gasteiger partial charge in [-0.25, -0.2) is 0 Å². The zero-order valence-corrected chi connectivity index (χ0v) is 12.6.